The van der Waals surface area contributed by atoms with Crippen LogP contribution in [0, 0.1) is 0 Å². The SMILES string of the molecule is CS(=O)(=O)NC1CCC(Oc2cc3cnccc3cc2-c2ccsc2)CC1. The van der Waals surface area contributed by atoms with E-state index >= 15 is 0 Å². The van der Waals surface area contributed by atoms with Gasteiger partial charge in [0, 0.05) is 29.4 Å². The molecule has 3 aromatic rings. The fourth-order valence-electron chi connectivity index (χ4n) is 3.64. The van der Waals surface area contributed by atoms with Crippen LogP contribution >= 0.6 is 11.3 Å². The molecular weight excluding hydrogens is 380 g/mol. The molecule has 5 nitrogen and oxygen atoms in total. The Morgan fingerprint density at radius 2 is 1.96 bits per heavy atom. The van der Waals surface area contributed by atoms with E-state index in [0.717, 1.165) is 53.3 Å². The number of nitrogens with zero attached hydrogens (tertiary/aromatic N) is 1. The largest absolute Gasteiger partial charge is 0.490 e. The molecule has 2 aromatic heterocycles. The first-order valence-corrected chi connectivity index (χ1v) is 11.9. The number of benzene rings is 1. The van der Waals surface area contributed by atoms with Gasteiger partial charge in [-0.05, 0) is 71.7 Å². The summed E-state index contributed by atoms with van der Waals surface area (Å²) in [6.45, 7) is 0. The molecule has 142 valence electrons. The number of nitrogens with one attached hydrogen (secondary N) is 1. The molecule has 0 saturated heterocycles. The second-order valence-electron chi connectivity index (χ2n) is 7.06. The van der Waals surface area contributed by atoms with Crippen LogP contribution in [-0.4, -0.2) is 31.8 Å². The lowest BCUT2D eigenvalue weighted by Gasteiger charge is -2.29. The number of rotatable bonds is 5. The van der Waals surface area contributed by atoms with Crippen molar-refractivity contribution in [3.8, 4) is 16.9 Å². The van der Waals surface area contributed by atoms with Gasteiger partial charge in [0.1, 0.15) is 5.75 Å². The molecule has 1 fully saturated rings. The van der Waals surface area contributed by atoms with Crippen LogP contribution in [0.2, 0.25) is 0 Å². The Hall–Kier alpha value is -1.96. The van der Waals surface area contributed by atoms with E-state index in [1.54, 1.807) is 17.5 Å². The van der Waals surface area contributed by atoms with E-state index in [1.807, 2.05) is 12.3 Å². The van der Waals surface area contributed by atoms with Crippen LogP contribution < -0.4 is 9.46 Å². The van der Waals surface area contributed by atoms with Crippen molar-refractivity contribution in [2.75, 3.05) is 6.26 Å². The Kier molecular flexibility index (Phi) is 5.16. The third-order valence-electron chi connectivity index (χ3n) is 4.92. The fraction of sp³-hybridized carbons (Fsp3) is 0.350. The highest BCUT2D eigenvalue weighted by atomic mass is 32.2. The second-order valence-corrected chi connectivity index (χ2v) is 9.62. The maximum absolute atomic E-state index is 11.4. The van der Waals surface area contributed by atoms with Crippen LogP contribution in [0.25, 0.3) is 21.9 Å². The zero-order valence-corrected chi connectivity index (χ0v) is 16.7. The molecule has 0 radical (unpaired) electrons. The highest BCUT2D eigenvalue weighted by Gasteiger charge is 2.25. The molecule has 0 spiro atoms. The average Bonchev–Trinajstić information content (AvgIpc) is 3.16. The zero-order valence-electron chi connectivity index (χ0n) is 15.1. The highest BCUT2D eigenvalue weighted by Crippen LogP contribution is 2.37. The molecule has 1 aliphatic carbocycles. The third kappa shape index (κ3) is 4.48. The normalized spacial score (nSPS) is 20.6. The van der Waals surface area contributed by atoms with Crippen LogP contribution in [0.3, 0.4) is 0 Å². The van der Waals surface area contributed by atoms with Gasteiger partial charge >= 0.3 is 0 Å². The number of pyridine rings is 1. The van der Waals surface area contributed by atoms with Crippen molar-refractivity contribution >= 4 is 32.1 Å². The molecule has 1 aromatic carbocycles. The number of ether oxygens (including phenoxy) is 1. The molecule has 0 bridgehead atoms. The lowest BCUT2D eigenvalue weighted by atomic mass is 9.93. The van der Waals surface area contributed by atoms with Gasteiger partial charge in [0.2, 0.25) is 10.0 Å². The van der Waals surface area contributed by atoms with Crippen molar-refractivity contribution in [1.29, 1.82) is 0 Å². The maximum Gasteiger partial charge on any atom is 0.208 e. The molecule has 27 heavy (non-hydrogen) atoms. The minimum atomic E-state index is -3.16. The Morgan fingerprint density at radius 3 is 2.67 bits per heavy atom. The molecule has 4 rings (SSSR count). The number of hydrogen-bond acceptors (Lipinski definition) is 5. The standard InChI is InChI=1S/C20H22N2O3S2/c1-27(23,24)22-17-2-4-18(5-3-17)25-20-11-16-12-21-8-6-14(16)10-19(20)15-7-9-26-13-15/h6-13,17-18,22H,2-5H2,1H3. The van der Waals surface area contributed by atoms with Crippen LogP contribution in [-0.2, 0) is 10.0 Å². The Morgan fingerprint density at radius 1 is 1.15 bits per heavy atom. The van der Waals surface area contributed by atoms with Crippen molar-refractivity contribution < 1.29 is 13.2 Å². The van der Waals surface area contributed by atoms with Crippen molar-refractivity contribution in [3.63, 3.8) is 0 Å². The number of aromatic nitrogens is 1. The lowest BCUT2D eigenvalue weighted by Crippen LogP contribution is -2.39. The van der Waals surface area contributed by atoms with Crippen LogP contribution in [0.4, 0.5) is 0 Å². The molecule has 2 heterocycles. The minimum Gasteiger partial charge on any atom is -0.490 e. The summed E-state index contributed by atoms with van der Waals surface area (Å²) >= 11 is 1.67. The summed E-state index contributed by atoms with van der Waals surface area (Å²) in [5.41, 5.74) is 2.24. The summed E-state index contributed by atoms with van der Waals surface area (Å²) in [6.07, 6.45) is 8.22. The number of fused-ring (bicyclic) bond motifs is 1. The quantitative estimate of drug-likeness (QED) is 0.694. The predicted octanol–water partition coefficient (Wildman–Crippen LogP) is 4.20. The number of sulfonamides is 1. The monoisotopic (exact) mass is 402 g/mol. The summed E-state index contributed by atoms with van der Waals surface area (Å²) < 4.78 is 32.0. The van der Waals surface area contributed by atoms with E-state index in [2.05, 4.69) is 38.7 Å². The zero-order chi connectivity index (χ0) is 18.9. The van der Waals surface area contributed by atoms with Crippen molar-refractivity contribution in [3.05, 3.63) is 47.4 Å². The Labute approximate surface area is 163 Å². The summed E-state index contributed by atoms with van der Waals surface area (Å²) in [6, 6.07) is 8.35. The Bertz CT molecular complexity index is 1020. The molecule has 1 saturated carbocycles. The van der Waals surface area contributed by atoms with Gasteiger partial charge < -0.3 is 4.74 Å². The third-order valence-corrected chi connectivity index (χ3v) is 6.36. The van der Waals surface area contributed by atoms with Gasteiger partial charge in [-0.2, -0.15) is 11.3 Å². The van der Waals surface area contributed by atoms with E-state index in [-0.39, 0.29) is 12.1 Å². The first-order chi connectivity index (χ1) is 13.0. The van der Waals surface area contributed by atoms with Crippen LogP contribution in [0.1, 0.15) is 25.7 Å². The first-order valence-electron chi connectivity index (χ1n) is 9.02. The van der Waals surface area contributed by atoms with Crippen LogP contribution in [0.5, 0.6) is 5.75 Å². The molecule has 0 amide bonds. The first kappa shape index (κ1) is 18.4. The summed E-state index contributed by atoms with van der Waals surface area (Å²) in [7, 11) is -3.16. The smallest absolute Gasteiger partial charge is 0.208 e. The molecule has 0 aliphatic heterocycles. The molecule has 1 N–H and O–H groups in total. The van der Waals surface area contributed by atoms with E-state index in [1.165, 1.54) is 6.26 Å². The van der Waals surface area contributed by atoms with E-state index < -0.39 is 10.0 Å². The number of thiophene rings is 1. The molecule has 0 atom stereocenters. The molecule has 1 aliphatic rings. The van der Waals surface area contributed by atoms with Crippen LogP contribution in [0.15, 0.2) is 47.4 Å². The van der Waals surface area contributed by atoms with Gasteiger partial charge in [-0.15, -0.1) is 0 Å². The summed E-state index contributed by atoms with van der Waals surface area (Å²) in [5, 5.41) is 6.39. The lowest BCUT2D eigenvalue weighted by molar-refractivity contribution is 0.145. The van der Waals surface area contributed by atoms with E-state index in [0.29, 0.717) is 0 Å². The highest BCUT2D eigenvalue weighted by molar-refractivity contribution is 7.88. The second kappa shape index (κ2) is 7.58. The average molecular weight is 403 g/mol. The number of hydrogen-bond donors (Lipinski definition) is 1. The van der Waals surface area contributed by atoms with Gasteiger partial charge in [0.05, 0.1) is 12.4 Å². The van der Waals surface area contributed by atoms with Crippen molar-refractivity contribution in [2.45, 2.75) is 37.8 Å². The Balaban J connectivity index is 1.56. The maximum atomic E-state index is 11.4. The summed E-state index contributed by atoms with van der Waals surface area (Å²) in [4.78, 5) is 4.22. The molecule has 0 unspecified atom stereocenters. The topological polar surface area (TPSA) is 68.3 Å². The van der Waals surface area contributed by atoms with Gasteiger partial charge in [0.25, 0.3) is 0 Å². The fourth-order valence-corrected chi connectivity index (χ4v) is 5.13. The van der Waals surface area contributed by atoms with Crippen molar-refractivity contribution in [1.82, 2.24) is 9.71 Å². The van der Waals surface area contributed by atoms with Crippen molar-refractivity contribution in [2.24, 2.45) is 0 Å². The molecule has 7 heteroatoms. The van der Waals surface area contributed by atoms with Gasteiger partial charge in [-0.3, -0.25) is 4.98 Å². The predicted molar refractivity (Wildman–Crippen MR) is 110 cm³/mol. The van der Waals surface area contributed by atoms with E-state index in [9.17, 15) is 8.42 Å². The molecular formula is C20H22N2O3S2. The van der Waals surface area contributed by atoms with Gasteiger partial charge in [-0.1, -0.05) is 0 Å². The summed E-state index contributed by atoms with van der Waals surface area (Å²) in [5.74, 6) is 0.869. The minimum absolute atomic E-state index is 0.0111. The van der Waals surface area contributed by atoms with Gasteiger partial charge in [-0.25, -0.2) is 13.1 Å². The van der Waals surface area contributed by atoms with E-state index in [4.69, 9.17) is 4.74 Å². The van der Waals surface area contributed by atoms with Gasteiger partial charge in [0.15, 0.2) is 0 Å².